The summed E-state index contributed by atoms with van der Waals surface area (Å²) in [7, 11) is -8.94. The van der Waals surface area contributed by atoms with Crippen LogP contribution < -0.4 is 38.3 Å². The van der Waals surface area contributed by atoms with Crippen LogP contribution in [0.2, 0.25) is 0 Å². The number of carbonyl (C=O) groups excluding carboxylic acids is 5. The van der Waals surface area contributed by atoms with E-state index in [2.05, 4.69) is 20.9 Å². The first-order chi connectivity index (χ1) is 53.9. The largest absolute Gasteiger partial charge is 0.501 e. The van der Waals surface area contributed by atoms with E-state index in [1.807, 2.05) is 31.2 Å². The Bertz CT molecular complexity index is 4920. The monoisotopic (exact) mass is 1610 g/mol. The zero-order valence-electron chi connectivity index (χ0n) is 60.7. The van der Waals surface area contributed by atoms with E-state index < -0.39 is 124 Å². The summed E-state index contributed by atoms with van der Waals surface area (Å²) in [5.74, 6) is -3.97. The van der Waals surface area contributed by atoms with Gasteiger partial charge in [0.15, 0.2) is 32.9 Å². The van der Waals surface area contributed by atoms with Crippen molar-refractivity contribution in [1.82, 2.24) is 25.6 Å². The number of nitrogens with zero attached hydrogens (tertiary/aromatic N) is 5. The van der Waals surface area contributed by atoms with Gasteiger partial charge < -0.3 is 97.7 Å². The molecular weight excluding hydrogens is 1520 g/mol. The summed E-state index contributed by atoms with van der Waals surface area (Å²) in [4.78, 5) is 71.2. The maximum Gasteiger partial charge on any atom is 0.501 e. The molecule has 598 valence electrons. The van der Waals surface area contributed by atoms with Gasteiger partial charge in [-0.15, -0.1) is 25.1 Å². The van der Waals surface area contributed by atoms with Crippen LogP contribution in [-0.2, 0) is 73.0 Å². The third kappa shape index (κ3) is 19.6. The van der Waals surface area contributed by atoms with Crippen molar-refractivity contribution in [3.63, 3.8) is 0 Å². The van der Waals surface area contributed by atoms with Crippen molar-refractivity contribution in [3.8, 4) is 23.0 Å². The van der Waals surface area contributed by atoms with Crippen LogP contribution in [0.5, 0.6) is 23.0 Å². The van der Waals surface area contributed by atoms with E-state index in [-0.39, 0.29) is 153 Å². The number of ether oxygens (including phenoxy) is 7. The number of aliphatic hydroxyl groups is 7. The Kier molecular flexibility index (Phi) is 27.2. The molecule has 5 heterocycles. The highest BCUT2D eigenvalue weighted by Crippen LogP contribution is 2.47. The SMILES string of the molecule is Cc1ccc(S(=O)(=O)CCC(=O)c2ccc(C(=O)NCc3cn(CCOCCOCCOCCNC(=O)c4ccc(O[C@@H]5O[C@H](CO)[C@H](O)[C@H](O)[C@H]5O)c(OS(=O)(=O)Oc5cc6c(c7ccccc57)[C@H](CCl)CN6C(=O)CCCC(=O)N5CCc6c5cc(OC5C[C@@H](O)[C@@H](O)[C@@H](CO)O5)c5ccccc65)c4)nn3)cc2)cc1. The smallest absolute Gasteiger partial charge is 0.464 e. The summed E-state index contributed by atoms with van der Waals surface area (Å²) >= 11 is 6.60. The molecule has 2 fully saturated rings. The Morgan fingerprint density at radius 2 is 1.22 bits per heavy atom. The van der Waals surface area contributed by atoms with Crippen LogP contribution in [0.3, 0.4) is 0 Å². The number of anilines is 2. The highest BCUT2D eigenvalue weighted by Gasteiger charge is 2.46. The fraction of sp³-hybridized carbons (Fsp3) is 0.416. The quantitative estimate of drug-likeness (QED) is 0.0153. The minimum atomic E-state index is -5.29. The van der Waals surface area contributed by atoms with Crippen LogP contribution in [0.25, 0.3) is 21.5 Å². The average molecular weight is 1610 g/mol. The molecule has 1 unspecified atom stereocenters. The number of fused-ring (bicyclic) bond motifs is 6. The maximum atomic E-state index is 14.4. The molecule has 0 radical (unpaired) electrons. The van der Waals surface area contributed by atoms with Crippen molar-refractivity contribution in [3.05, 3.63) is 173 Å². The standard InChI is InChI=1S/C77H86ClN7O25S2/c1-45-13-20-51(21-14-45)111(98,99)34-24-59(88)46-15-17-47(18-16-46)75(96)80-40-50-42-83(82-81-50)27-29-103-31-33-104-32-30-102-28-25-79-76(97)48-19-22-61(107-77-74(95)73(94)72(93)66(44-87)108-77)64(35-48)110-112(100,101)109-63-37-58-70(56-10-5-4-9-55(56)63)49(39-78)41-85(58)68(91)12-6-11-67(90)84-26-23-53-52-7-2-3-8-54(52)62(36-57(53)84)105-69-38-60(89)71(92)65(43-86)106-69/h2-5,7-10,13-22,35-37,42,49,60,65-66,69,71-74,77,86-87,89,92-95H,6,11-12,23-34,38-41,43-44H2,1H3,(H,79,97)(H,80,96)/t49-,60-,65-,66-,69?,71-,72+,73+,74-,77-/m1/s1. The van der Waals surface area contributed by atoms with Crippen molar-refractivity contribution >= 4 is 94.2 Å². The molecule has 2 saturated heterocycles. The van der Waals surface area contributed by atoms with Crippen LogP contribution in [0.15, 0.2) is 138 Å². The predicted octanol–water partition coefficient (Wildman–Crippen LogP) is 3.87. The highest BCUT2D eigenvalue weighted by atomic mass is 35.5. The molecule has 35 heteroatoms. The van der Waals surface area contributed by atoms with Crippen LogP contribution in [0, 0.1) is 6.92 Å². The molecular formula is C77H86ClN7O25S2. The summed E-state index contributed by atoms with van der Waals surface area (Å²) in [5, 5.41) is 88.5. The normalized spacial score (nSPS) is 21.0. The first-order valence-electron chi connectivity index (χ1n) is 36.3. The molecule has 0 aliphatic carbocycles. The minimum Gasteiger partial charge on any atom is -0.464 e. The summed E-state index contributed by atoms with van der Waals surface area (Å²) < 4.78 is 107. The number of aromatic nitrogens is 3. The number of ketones is 1. The van der Waals surface area contributed by atoms with Gasteiger partial charge >= 0.3 is 10.4 Å². The number of aliphatic hydroxyl groups excluding tert-OH is 7. The lowest BCUT2D eigenvalue weighted by Gasteiger charge is -2.39. The summed E-state index contributed by atoms with van der Waals surface area (Å²) in [6.07, 6.45) is -11.7. The van der Waals surface area contributed by atoms with Gasteiger partial charge in [0.25, 0.3) is 11.8 Å². The number of benzene rings is 7. The van der Waals surface area contributed by atoms with Crippen LogP contribution in [0.4, 0.5) is 11.4 Å². The molecule has 112 heavy (non-hydrogen) atoms. The molecule has 0 bridgehead atoms. The van der Waals surface area contributed by atoms with Crippen LogP contribution in [0.1, 0.15) is 91.5 Å². The number of sulfone groups is 1. The first-order valence-corrected chi connectivity index (χ1v) is 39.9. The van der Waals surface area contributed by atoms with E-state index in [1.165, 1.54) is 53.4 Å². The van der Waals surface area contributed by atoms with Gasteiger partial charge in [-0.2, -0.15) is 0 Å². The Labute approximate surface area is 648 Å². The molecule has 9 N–H and O–H groups in total. The van der Waals surface area contributed by atoms with Crippen molar-refractivity contribution in [1.29, 1.82) is 0 Å². The summed E-state index contributed by atoms with van der Waals surface area (Å²) in [6, 6.07) is 32.9. The van der Waals surface area contributed by atoms with Crippen LogP contribution >= 0.6 is 11.6 Å². The second-order valence-electron chi connectivity index (χ2n) is 27.2. The third-order valence-electron chi connectivity index (χ3n) is 19.5. The lowest BCUT2D eigenvalue weighted by molar-refractivity contribution is -0.277. The Morgan fingerprint density at radius 1 is 0.607 bits per heavy atom. The van der Waals surface area contributed by atoms with Gasteiger partial charge in [-0.1, -0.05) is 83.6 Å². The van der Waals surface area contributed by atoms with Crippen molar-refractivity contribution in [2.45, 2.75) is 125 Å². The summed E-state index contributed by atoms with van der Waals surface area (Å²) in [6.45, 7) is 2.34. The molecule has 0 saturated carbocycles. The number of rotatable bonds is 36. The van der Waals surface area contributed by atoms with E-state index in [0.29, 0.717) is 47.6 Å². The molecule has 8 aromatic rings. The number of carbonyl (C=O) groups is 5. The van der Waals surface area contributed by atoms with E-state index in [1.54, 1.807) is 58.2 Å². The molecule has 0 spiro atoms. The lowest BCUT2D eigenvalue weighted by Crippen LogP contribution is -2.60. The van der Waals surface area contributed by atoms with Crippen molar-refractivity contribution in [2.24, 2.45) is 0 Å². The third-order valence-corrected chi connectivity index (χ3v) is 22.4. The van der Waals surface area contributed by atoms with Gasteiger partial charge in [0.2, 0.25) is 24.4 Å². The van der Waals surface area contributed by atoms with Gasteiger partial charge in [-0.3, -0.25) is 24.0 Å². The Morgan fingerprint density at radius 3 is 1.93 bits per heavy atom. The zero-order chi connectivity index (χ0) is 79.4. The average Bonchev–Trinajstić information content (AvgIpc) is 1.54. The number of halogens is 1. The van der Waals surface area contributed by atoms with E-state index in [4.69, 9.17) is 53.1 Å². The van der Waals surface area contributed by atoms with Crippen molar-refractivity contribution in [2.75, 3.05) is 93.9 Å². The van der Waals surface area contributed by atoms with Gasteiger partial charge in [-0.25, -0.2) is 13.1 Å². The second kappa shape index (κ2) is 37.1. The number of hydrogen-bond acceptors (Lipinski definition) is 27. The van der Waals surface area contributed by atoms with Gasteiger partial charge in [0, 0.05) is 96.7 Å². The zero-order valence-corrected chi connectivity index (χ0v) is 63.1. The predicted molar refractivity (Wildman–Crippen MR) is 402 cm³/mol. The number of Topliss-reactive ketones (excluding diaryl/α,β-unsaturated/α-hetero) is 1. The molecule has 12 rings (SSSR count). The molecule has 4 aliphatic rings. The number of alkyl halides is 1. The van der Waals surface area contributed by atoms with Crippen LogP contribution in [-0.4, -0.2) is 236 Å². The molecule has 4 amide bonds. The molecule has 7 aromatic carbocycles. The highest BCUT2D eigenvalue weighted by molar-refractivity contribution is 7.91. The van der Waals surface area contributed by atoms with Crippen molar-refractivity contribution < 1.29 is 118 Å². The number of hydrogen-bond donors (Lipinski definition) is 9. The van der Waals surface area contributed by atoms with Gasteiger partial charge in [0.1, 0.15) is 48.1 Å². The second-order valence-corrected chi connectivity index (χ2v) is 30.7. The summed E-state index contributed by atoms with van der Waals surface area (Å²) in [5.41, 5.74) is 4.22. The van der Waals surface area contributed by atoms with E-state index >= 15 is 0 Å². The van der Waals surface area contributed by atoms with Gasteiger partial charge in [0.05, 0.1) is 100 Å². The Balaban J connectivity index is 0.611. The molecule has 4 aliphatic heterocycles. The molecule has 32 nitrogen and oxygen atoms in total. The number of amides is 4. The fourth-order valence-electron chi connectivity index (χ4n) is 13.6. The topological polar surface area (TPSA) is 440 Å². The Hall–Kier alpha value is -9.34. The minimum absolute atomic E-state index is 0.0173. The molecule has 10 atom stereocenters. The number of aryl methyl sites for hydroxylation is 1. The maximum absolute atomic E-state index is 14.4. The number of nitrogens with one attached hydrogen (secondary N) is 2. The molecule has 1 aromatic heterocycles. The van der Waals surface area contributed by atoms with Gasteiger partial charge in [-0.05, 0) is 84.1 Å². The lowest BCUT2D eigenvalue weighted by atomic mass is 9.95. The first kappa shape index (κ1) is 82.1. The fourth-order valence-corrected chi connectivity index (χ4v) is 15.8. The van der Waals surface area contributed by atoms with E-state index in [0.717, 1.165) is 34.0 Å². The van der Waals surface area contributed by atoms with E-state index in [9.17, 15) is 76.6 Å².